The van der Waals surface area contributed by atoms with E-state index in [0.717, 1.165) is 44.3 Å². The van der Waals surface area contributed by atoms with Gasteiger partial charge in [-0.05, 0) is 62.8 Å². The zero-order valence-electron chi connectivity index (χ0n) is 14.6. The van der Waals surface area contributed by atoms with Crippen LogP contribution in [0.15, 0.2) is 18.2 Å². The quantitative estimate of drug-likeness (QED) is 0.846. The number of hydrogen-bond acceptors (Lipinski definition) is 3. The molecule has 0 saturated carbocycles. The number of ketones is 1. The van der Waals surface area contributed by atoms with Crippen molar-refractivity contribution in [3.05, 3.63) is 34.9 Å². The average Bonchev–Trinajstić information content (AvgIpc) is 2.65. The highest BCUT2D eigenvalue weighted by atomic mass is 16.2. The standard InChI is InChI=1S/C20H28N2O2/c1-21-18-10-12-22(13-11-18)20(24)9-8-19(23)17-7-6-15-4-2-3-5-16(15)14-17/h6-7,14,18,21H,2-5,8-13H2,1H3. The number of carbonyl (C=O) groups is 2. The lowest BCUT2D eigenvalue weighted by Crippen LogP contribution is -2.44. The summed E-state index contributed by atoms with van der Waals surface area (Å²) >= 11 is 0. The van der Waals surface area contributed by atoms with E-state index < -0.39 is 0 Å². The van der Waals surface area contributed by atoms with E-state index in [4.69, 9.17) is 0 Å². The molecule has 1 heterocycles. The highest BCUT2D eigenvalue weighted by molar-refractivity contribution is 5.98. The van der Waals surface area contributed by atoms with Gasteiger partial charge in [-0.25, -0.2) is 0 Å². The Balaban J connectivity index is 1.51. The minimum atomic E-state index is 0.0989. The van der Waals surface area contributed by atoms with Crippen LogP contribution in [-0.2, 0) is 17.6 Å². The SMILES string of the molecule is CNC1CCN(C(=O)CCC(=O)c2ccc3c(c2)CCCC3)CC1. The molecule has 1 N–H and O–H groups in total. The summed E-state index contributed by atoms with van der Waals surface area (Å²) in [7, 11) is 1.97. The van der Waals surface area contributed by atoms with Crippen molar-refractivity contribution in [2.24, 2.45) is 0 Å². The molecule has 4 nitrogen and oxygen atoms in total. The van der Waals surface area contributed by atoms with Crippen LogP contribution in [0.2, 0.25) is 0 Å². The molecule has 1 aromatic rings. The van der Waals surface area contributed by atoms with Gasteiger partial charge in [0.15, 0.2) is 5.78 Å². The van der Waals surface area contributed by atoms with Gasteiger partial charge >= 0.3 is 0 Å². The van der Waals surface area contributed by atoms with E-state index in [1.807, 2.05) is 18.0 Å². The van der Waals surface area contributed by atoms with Crippen molar-refractivity contribution in [3.8, 4) is 0 Å². The van der Waals surface area contributed by atoms with Crippen LogP contribution in [-0.4, -0.2) is 42.8 Å². The molecule has 4 heteroatoms. The smallest absolute Gasteiger partial charge is 0.223 e. The normalized spacial score (nSPS) is 18.3. The number of nitrogens with zero attached hydrogens (tertiary/aromatic N) is 1. The Morgan fingerprint density at radius 3 is 2.50 bits per heavy atom. The number of aryl methyl sites for hydroxylation is 2. The number of fused-ring (bicyclic) bond motifs is 1. The number of amides is 1. The predicted molar refractivity (Wildman–Crippen MR) is 95.3 cm³/mol. The van der Waals surface area contributed by atoms with Crippen LogP contribution in [0.3, 0.4) is 0 Å². The van der Waals surface area contributed by atoms with Crippen molar-refractivity contribution >= 4 is 11.7 Å². The Hall–Kier alpha value is -1.68. The first kappa shape index (κ1) is 17.2. The molecule has 0 spiro atoms. The van der Waals surface area contributed by atoms with Crippen molar-refractivity contribution < 1.29 is 9.59 Å². The maximum atomic E-state index is 12.4. The maximum Gasteiger partial charge on any atom is 0.223 e. The number of piperidine rings is 1. The number of hydrogen-bond donors (Lipinski definition) is 1. The molecular weight excluding hydrogens is 300 g/mol. The summed E-state index contributed by atoms with van der Waals surface area (Å²) in [4.78, 5) is 26.7. The van der Waals surface area contributed by atoms with Crippen molar-refractivity contribution in [1.82, 2.24) is 10.2 Å². The van der Waals surface area contributed by atoms with Crippen LogP contribution in [0.5, 0.6) is 0 Å². The fourth-order valence-electron chi connectivity index (χ4n) is 3.85. The van der Waals surface area contributed by atoms with E-state index in [1.165, 1.54) is 24.0 Å². The molecule has 1 aromatic carbocycles. The number of carbonyl (C=O) groups excluding carboxylic acids is 2. The second-order valence-corrected chi connectivity index (χ2v) is 7.06. The highest BCUT2D eigenvalue weighted by Crippen LogP contribution is 2.23. The van der Waals surface area contributed by atoms with Gasteiger partial charge in [-0.1, -0.05) is 12.1 Å². The lowest BCUT2D eigenvalue weighted by Gasteiger charge is -2.31. The van der Waals surface area contributed by atoms with Gasteiger partial charge in [0.2, 0.25) is 5.91 Å². The minimum absolute atomic E-state index is 0.0989. The monoisotopic (exact) mass is 328 g/mol. The third kappa shape index (κ3) is 4.04. The van der Waals surface area contributed by atoms with Crippen LogP contribution in [0.4, 0.5) is 0 Å². The van der Waals surface area contributed by atoms with Crippen LogP contribution in [0.25, 0.3) is 0 Å². The van der Waals surface area contributed by atoms with E-state index in [9.17, 15) is 9.59 Å². The topological polar surface area (TPSA) is 49.4 Å². The van der Waals surface area contributed by atoms with Crippen LogP contribution < -0.4 is 5.32 Å². The molecule has 1 amide bonds. The molecule has 1 aliphatic carbocycles. The van der Waals surface area contributed by atoms with E-state index in [1.54, 1.807) is 0 Å². The van der Waals surface area contributed by atoms with Crippen molar-refractivity contribution in [1.29, 1.82) is 0 Å². The lowest BCUT2D eigenvalue weighted by molar-refractivity contribution is -0.132. The van der Waals surface area contributed by atoms with Gasteiger partial charge in [-0.15, -0.1) is 0 Å². The first-order valence-corrected chi connectivity index (χ1v) is 9.27. The van der Waals surface area contributed by atoms with Gasteiger partial charge in [0.1, 0.15) is 0 Å². The summed E-state index contributed by atoms with van der Waals surface area (Å²) in [6, 6.07) is 6.62. The maximum absolute atomic E-state index is 12.4. The number of likely N-dealkylation sites (tertiary alicyclic amines) is 1. The molecule has 0 unspecified atom stereocenters. The summed E-state index contributed by atoms with van der Waals surface area (Å²) in [6.07, 6.45) is 7.33. The summed E-state index contributed by atoms with van der Waals surface area (Å²) < 4.78 is 0. The molecule has 0 radical (unpaired) electrons. The zero-order valence-corrected chi connectivity index (χ0v) is 14.6. The summed E-state index contributed by atoms with van der Waals surface area (Å²) in [6.45, 7) is 1.61. The van der Waals surface area contributed by atoms with Gasteiger partial charge in [0.25, 0.3) is 0 Å². The number of benzene rings is 1. The Morgan fingerprint density at radius 2 is 1.79 bits per heavy atom. The third-order valence-electron chi connectivity index (χ3n) is 5.49. The molecule has 0 aromatic heterocycles. The molecule has 24 heavy (non-hydrogen) atoms. The number of rotatable bonds is 5. The first-order chi connectivity index (χ1) is 11.7. The van der Waals surface area contributed by atoms with Gasteiger partial charge in [0, 0.05) is 37.5 Å². The van der Waals surface area contributed by atoms with E-state index in [0.29, 0.717) is 18.9 Å². The second kappa shape index (κ2) is 7.93. The fraction of sp³-hybridized carbons (Fsp3) is 0.600. The van der Waals surface area contributed by atoms with Crippen molar-refractivity contribution in [3.63, 3.8) is 0 Å². The molecule has 2 aliphatic rings. The zero-order chi connectivity index (χ0) is 16.9. The molecule has 1 aliphatic heterocycles. The first-order valence-electron chi connectivity index (χ1n) is 9.27. The molecule has 3 rings (SSSR count). The fourth-order valence-corrected chi connectivity index (χ4v) is 3.85. The van der Waals surface area contributed by atoms with Crippen LogP contribution >= 0.6 is 0 Å². The highest BCUT2D eigenvalue weighted by Gasteiger charge is 2.22. The Bertz CT molecular complexity index is 604. The van der Waals surface area contributed by atoms with Gasteiger partial charge < -0.3 is 10.2 Å². The van der Waals surface area contributed by atoms with Gasteiger partial charge in [-0.2, -0.15) is 0 Å². The predicted octanol–water partition coefficient (Wildman–Crippen LogP) is 2.74. The van der Waals surface area contributed by atoms with E-state index in [-0.39, 0.29) is 11.7 Å². The van der Waals surface area contributed by atoms with Crippen molar-refractivity contribution in [2.75, 3.05) is 20.1 Å². The molecule has 0 atom stereocenters. The number of Topliss-reactive ketones (excluding diaryl/α,β-unsaturated/α-hetero) is 1. The van der Waals surface area contributed by atoms with Crippen LogP contribution in [0.1, 0.15) is 60.0 Å². The molecule has 1 fully saturated rings. The Kier molecular flexibility index (Phi) is 5.67. The van der Waals surface area contributed by atoms with Crippen LogP contribution in [0, 0.1) is 0 Å². The molecule has 130 valence electrons. The lowest BCUT2D eigenvalue weighted by atomic mass is 9.89. The third-order valence-corrected chi connectivity index (χ3v) is 5.49. The Morgan fingerprint density at radius 1 is 1.08 bits per heavy atom. The molecular formula is C20H28N2O2. The van der Waals surface area contributed by atoms with Gasteiger partial charge in [0.05, 0.1) is 0 Å². The van der Waals surface area contributed by atoms with Crippen molar-refractivity contribution in [2.45, 2.75) is 57.4 Å². The Labute approximate surface area is 144 Å². The van der Waals surface area contributed by atoms with E-state index in [2.05, 4.69) is 17.4 Å². The average molecular weight is 328 g/mol. The second-order valence-electron chi connectivity index (χ2n) is 7.06. The summed E-state index contributed by atoms with van der Waals surface area (Å²) in [5.74, 6) is 0.220. The van der Waals surface area contributed by atoms with Gasteiger partial charge in [-0.3, -0.25) is 9.59 Å². The summed E-state index contributed by atoms with van der Waals surface area (Å²) in [5.41, 5.74) is 3.49. The largest absolute Gasteiger partial charge is 0.343 e. The summed E-state index contributed by atoms with van der Waals surface area (Å²) in [5, 5.41) is 3.27. The number of nitrogens with one attached hydrogen (secondary N) is 1. The minimum Gasteiger partial charge on any atom is -0.343 e. The molecule has 1 saturated heterocycles. The van der Waals surface area contributed by atoms with E-state index >= 15 is 0 Å². The molecule has 0 bridgehead atoms.